The van der Waals surface area contributed by atoms with Gasteiger partial charge >= 0.3 is 6.03 Å². The Bertz CT molecular complexity index is 435. The normalized spacial score (nSPS) is 24.2. The number of aryl methyl sites for hydroxylation is 1. The molecule has 1 aliphatic heterocycles. The molecule has 3 atom stereocenters. The Hall–Kier alpha value is -1.14. The highest BCUT2D eigenvalue weighted by molar-refractivity contribution is 7.09. The molecule has 1 fully saturated rings. The van der Waals surface area contributed by atoms with E-state index in [0.29, 0.717) is 6.54 Å². The van der Waals surface area contributed by atoms with Crippen LogP contribution in [0.2, 0.25) is 0 Å². The second-order valence-electron chi connectivity index (χ2n) is 5.05. The van der Waals surface area contributed by atoms with Gasteiger partial charge in [-0.2, -0.15) is 0 Å². The molecule has 0 aromatic carbocycles. The molecular formula is C13H21N3O2S. The van der Waals surface area contributed by atoms with Gasteiger partial charge in [-0.1, -0.05) is 6.92 Å². The lowest BCUT2D eigenvalue weighted by atomic mass is 10.1. The maximum atomic E-state index is 11.8. The van der Waals surface area contributed by atoms with Crippen LogP contribution in [0.5, 0.6) is 0 Å². The van der Waals surface area contributed by atoms with Gasteiger partial charge in [0.1, 0.15) is 0 Å². The molecule has 0 bridgehead atoms. The van der Waals surface area contributed by atoms with Crippen molar-refractivity contribution in [1.82, 2.24) is 15.6 Å². The van der Waals surface area contributed by atoms with E-state index >= 15 is 0 Å². The number of thiazole rings is 1. The molecule has 0 unspecified atom stereocenters. The number of hydrogen-bond donors (Lipinski definition) is 2. The highest BCUT2D eigenvalue weighted by Crippen LogP contribution is 2.18. The summed E-state index contributed by atoms with van der Waals surface area (Å²) in [5.74, 6) is 0.238. The molecule has 0 radical (unpaired) electrons. The third-order valence-corrected chi connectivity index (χ3v) is 4.51. The van der Waals surface area contributed by atoms with Crippen LogP contribution in [0, 0.1) is 6.92 Å². The second-order valence-corrected chi connectivity index (χ2v) is 5.94. The Morgan fingerprint density at radius 3 is 3.05 bits per heavy atom. The highest BCUT2D eigenvalue weighted by atomic mass is 32.1. The van der Waals surface area contributed by atoms with E-state index in [4.69, 9.17) is 4.74 Å². The fourth-order valence-corrected chi connectivity index (χ4v) is 2.93. The van der Waals surface area contributed by atoms with Gasteiger partial charge in [-0.05, 0) is 20.3 Å². The number of urea groups is 1. The quantitative estimate of drug-likeness (QED) is 0.888. The van der Waals surface area contributed by atoms with E-state index in [1.165, 1.54) is 0 Å². The van der Waals surface area contributed by atoms with Crippen LogP contribution in [0.25, 0.3) is 0 Å². The smallest absolute Gasteiger partial charge is 0.315 e. The van der Waals surface area contributed by atoms with Crippen LogP contribution in [0.3, 0.4) is 0 Å². The van der Waals surface area contributed by atoms with Gasteiger partial charge in [0.15, 0.2) is 0 Å². The van der Waals surface area contributed by atoms with Crippen molar-refractivity contribution >= 4 is 17.4 Å². The topological polar surface area (TPSA) is 63.2 Å². The summed E-state index contributed by atoms with van der Waals surface area (Å²) in [4.78, 5) is 16.2. The zero-order chi connectivity index (χ0) is 13.8. The molecule has 2 amide bonds. The number of hydrogen-bond acceptors (Lipinski definition) is 4. The van der Waals surface area contributed by atoms with Crippen LogP contribution < -0.4 is 10.6 Å². The van der Waals surface area contributed by atoms with Gasteiger partial charge in [-0.15, -0.1) is 11.3 Å². The number of ether oxygens (including phenoxy) is 1. The van der Waals surface area contributed by atoms with Gasteiger partial charge in [-0.25, -0.2) is 9.78 Å². The number of nitrogens with zero attached hydrogens (tertiary/aromatic N) is 1. The number of nitrogens with one attached hydrogen (secondary N) is 2. The van der Waals surface area contributed by atoms with E-state index in [9.17, 15) is 4.79 Å². The number of amides is 2. The summed E-state index contributed by atoms with van der Waals surface area (Å²) in [6.07, 6.45) is 0.986. The molecule has 1 aromatic heterocycles. The van der Waals surface area contributed by atoms with Crippen molar-refractivity contribution < 1.29 is 9.53 Å². The van der Waals surface area contributed by atoms with Crippen molar-refractivity contribution in [2.24, 2.45) is 0 Å². The zero-order valence-corrected chi connectivity index (χ0v) is 12.4. The monoisotopic (exact) mass is 283 g/mol. The van der Waals surface area contributed by atoms with Gasteiger partial charge in [0.25, 0.3) is 0 Å². The number of rotatable bonds is 4. The summed E-state index contributed by atoms with van der Waals surface area (Å²) < 4.78 is 5.41. The largest absolute Gasteiger partial charge is 0.376 e. The molecule has 1 aliphatic rings. The van der Waals surface area contributed by atoms with Gasteiger partial charge in [0, 0.05) is 30.1 Å². The van der Waals surface area contributed by atoms with Crippen LogP contribution in [0.1, 0.15) is 36.9 Å². The van der Waals surface area contributed by atoms with Crippen molar-refractivity contribution in [3.63, 3.8) is 0 Å². The van der Waals surface area contributed by atoms with E-state index in [-0.39, 0.29) is 24.1 Å². The third kappa shape index (κ3) is 3.91. The molecule has 19 heavy (non-hydrogen) atoms. The van der Waals surface area contributed by atoms with E-state index in [0.717, 1.165) is 23.7 Å². The van der Waals surface area contributed by atoms with Gasteiger partial charge in [0.05, 0.1) is 17.2 Å². The molecule has 1 aromatic rings. The molecule has 1 saturated heterocycles. The lowest BCUT2D eigenvalue weighted by molar-refractivity contribution is 0.114. The predicted molar refractivity (Wildman–Crippen MR) is 75.6 cm³/mol. The Balaban J connectivity index is 1.74. The molecule has 2 heterocycles. The minimum absolute atomic E-state index is 0.102. The van der Waals surface area contributed by atoms with Gasteiger partial charge in [-0.3, -0.25) is 0 Å². The van der Waals surface area contributed by atoms with Crippen LogP contribution in [0.4, 0.5) is 4.79 Å². The fourth-order valence-electron chi connectivity index (χ4n) is 2.07. The van der Waals surface area contributed by atoms with Crippen molar-refractivity contribution in [2.45, 2.75) is 45.3 Å². The van der Waals surface area contributed by atoms with Crippen LogP contribution in [-0.2, 0) is 4.74 Å². The average molecular weight is 283 g/mol. The van der Waals surface area contributed by atoms with Gasteiger partial charge in [0.2, 0.25) is 0 Å². The summed E-state index contributed by atoms with van der Waals surface area (Å²) in [7, 11) is 0. The second kappa shape index (κ2) is 6.34. The first kappa shape index (κ1) is 14.3. The van der Waals surface area contributed by atoms with Crippen molar-refractivity contribution in [2.75, 3.05) is 13.2 Å². The summed E-state index contributed by atoms with van der Waals surface area (Å²) >= 11 is 1.64. The van der Waals surface area contributed by atoms with Crippen molar-refractivity contribution in [3.8, 4) is 0 Å². The number of carbonyl (C=O) groups is 1. The minimum Gasteiger partial charge on any atom is -0.376 e. The minimum atomic E-state index is -0.123. The summed E-state index contributed by atoms with van der Waals surface area (Å²) in [6, 6.07) is -0.000101. The van der Waals surface area contributed by atoms with E-state index in [2.05, 4.69) is 22.5 Å². The van der Waals surface area contributed by atoms with E-state index in [1.807, 2.05) is 19.2 Å². The zero-order valence-electron chi connectivity index (χ0n) is 11.6. The lowest BCUT2D eigenvalue weighted by Crippen LogP contribution is -2.45. The molecule has 0 aliphatic carbocycles. The maximum Gasteiger partial charge on any atom is 0.315 e. The van der Waals surface area contributed by atoms with E-state index in [1.54, 1.807) is 11.3 Å². The summed E-state index contributed by atoms with van der Waals surface area (Å²) in [6.45, 7) is 7.36. The number of carbonyl (C=O) groups excluding carboxylic acids is 1. The number of aromatic nitrogens is 1. The fraction of sp³-hybridized carbons (Fsp3) is 0.692. The third-order valence-electron chi connectivity index (χ3n) is 3.32. The van der Waals surface area contributed by atoms with Crippen LogP contribution >= 0.6 is 11.3 Å². The first-order chi connectivity index (χ1) is 9.06. The Kier molecular flexibility index (Phi) is 4.76. The molecule has 106 valence electrons. The highest BCUT2D eigenvalue weighted by Gasteiger charge is 2.25. The summed E-state index contributed by atoms with van der Waals surface area (Å²) in [5.41, 5.74) is 1.04. The SMILES string of the molecule is Cc1csc([C@H](C)CNC(=O)N[C@@H]2CCO[C@H]2C)n1. The molecule has 2 rings (SSSR count). The first-order valence-corrected chi connectivity index (χ1v) is 7.52. The first-order valence-electron chi connectivity index (χ1n) is 6.64. The molecule has 5 nitrogen and oxygen atoms in total. The maximum absolute atomic E-state index is 11.8. The van der Waals surface area contributed by atoms with Crippen LogP contribution in [0.15, 0.2) is 5.38 Å². The van der Waals surface area contributed by atoms with Crippen molar-refractivity contribution in [1.29, 1.82) is 0 Å². The van der Waals surface area contributed by atoms with Crippen LogP contribution in [-0.4, -0.2) is 36.3 Å². The molecular weight excluding hydrogens is 262 g/mol. The Labute approximate surface area is 117 Å². The molecule has 6 heteroatoms. The van der Waals surface area contributed by atoms with Crippen molar-refractivity contribution in [3.05, 3.63) is 16.1 Å². The van der Waals surface area contributed by atoms with E-state index < -0.39 is 0 Å². The molecule has 0 spiro atoms. The Morgan fingerprint density at radius 2 is 2.47 bits per heavy atom. The molecule has 2 N–H and O–H groups in total. The summed E-state index contributed by atoms with van der Waals surface area (Å²) in [5, 5.41) is 8.94. The average Bonchev–Trinajstić information content (AvgIpc) is 2.96. The van der Waals surface area contributed by atoms with Gasteiger partial charge < -0.3 is 15.4 Å². The lowest BCUT2D eigenvalue weighted by Gasteiger charge is -2.17. The Morgan fingerprint density at radius 1 is 1.68 bits per heavy atom. The standard InChI is InChI=1S/C13H21N3O2S/c1-8(12-15-9(2)7-19-12)6-14-13(17)16-11-4-5-18-10(11)3/h7-8,10-11H,4-6H2,1-3H3,(H2,14,16,17)/t8-,10+,11-/m1/s1. The molecule has 0 saturated carbocycles. The predicted octanol–water partition coefficient (Wildman–Crippen LogP) is 2.03.